The van der Waals surface area contributed by atoms with Crippen LogP contribution in [0.1, 0.15) is 12.5 Å². The zero-order valence-corrected chi connectivity index (χ0v) is 13.8. The smallest absolute Gasteiger partial charge is 0.321 e. The second-order valence-corrected chi connectivity index (χ2v) is 6.01. The van der Waals surface area contributed by atoms with Gasteiger partial charge in [-0.25, -0.2) is 4.79 Å². The minimum absolute atomic E-state index is 0.00312. The lowest BCUT2D eigenvalue weighted by molar-refractivity contribution is -0.124. The minimum Gasteiger partial charge on any atom is -0.352 e. The first-order chi connectivity index (χ1) is 9.93. The summed E-state index contributed by atoms with van der Waals surface area (Å²) in [5.74, 6) is 0.855. The van der Waals surface area contributed by atoms with Crippen LogP contribution in [-0.2, 0) is 11.3 Å². The third kappa shape index (κ3) is 6.08. The summed E-state index contributed by atoms with van der Waals surface area (Å²) < 4.78 is 0. The Morgan fingerprint density at radius 3 is 2.67 bits per heavy atom. The van der Waals surface area contributed by atoms with Crippen LogP contribution in [0.25, 0.3) is 0 Å². The highest BCUT2D eigenvalue weighted by Gasteiger charge is 2.11. The van der Waals surface area contributed by atoms with Crippen molar-refractivity contribution in [3.8, 4) is 0 Å². The summed E-state index contributed by atoms with van der Waals surface area (Å²) in [6.07, 6.45) is 1.99. The van der Waals surface area contributed by atoms with Crippen LogP contribution in [0.4, 0.5) is 10.5 Å². The highest BCUT2D eigenvalue weighted by Crippen LogP contribution is 2.11. The van der Waals surface area contributed by atoms with E-state index in [1.165, 1.54) is 4.90 Å². The van der Waals surface area contributed by atoms with Gasteiger partial charge in [-0.15, -0.1) is 0 Å². The summed E-state index contributed by atoms with van der Waals surface area (Å²) in [4.78, 5) is 24.9. The molecule has 21 heavy (non-hydrogen) atoms. The molecule has 0 fully saturated rings. The average Bonchev–Trinajstić information content (AvgIpc) is 2.45. The summed E-state index contributed by atoms with van der Waals surface area (Å²) in [5.41, 5.74) is 1.67. The lowest BCUT2D eigenvalue weighted by atomic mass is 10.1. The fourth-order valence-electron chi connectivity index (χ4n) is 1.68. The molecule has 0 unspecified atom stereocenters. The maximum atomic E-state index is 11.9. The molecule has 5 nitrogen and oxygen atoms in total. The van der Waals surface area contributed by atoms with Crippen LogP contribution >= 0.6 is 11.8 Å². The molecule has 116 valence electrons. The molecule has 1 aromatic carbocycles. The van der Waals surface area contributed by atoms with Gasteiger partial charge in [0.2, 0.25) is 5.91 Å². The minimum atomic E-state index is -0.176. The van der Waals surface area contributed by atoms with Gasteiger partial charge in [0.05, 0.1) is 0 Å². The molecule has 0 saturated heterocycles. The highest BCUT2D eigenvalue weighted by molar-refractivity contribution is 7.98. The lowest BCUT2D eigenvalue weighted by Crippen LogP contribution is -2.30. The van der Waals surface area contributed by atoms with Crippen LogP contribution in [0.5, 0.6) is 0 Å². The SMILES string of the molecule is CSC[C@@H](C)C(=O)NCc1cccc(NC(=O)N(C)C)c1. The number of rotatable bonds is 6. The highest BCUT2D eigenvalue weighted by atomic mass is 32.2. The second kappa shape index (κ2) is 8.56. The van der Waals surface area contributed by atoms with Gasteiger partial charge in [0, 0.05) is 38.0 Å². The van der Waals surface area contributed by atoms with E-state index in [2.05, 4.69) is 10.6 Å². The monoisotopic (exact) mass is 309 g/mol. The number of anilines is 1. The number of hydrogen-bond acceptors (Lipinski definition) is 3. The van der Waals surface area contributed by atoms with Gasteiger partial charge in [-0.3, -0.25) is 4.79 Å². The Kier molecular flexibility index (Phi) is 7.08. The largest absolute Gasteiger partial charge is 0.352 e. The Hall–Kier alpha value is -1.69. The molecular formula is C15H23N3O2S. The fraction of sp³-hybridized carbons (Fsp3) is 0.467. The van der Waals surface area contributed by atoms with Crippen molar-refractivity contribution in [2.75, 3.05) is 31.4 Å². The second-order valence-electron chi connectivity index (χ2n) is 5.10. The number of amides is 3. The van der Waals surface area contributed by atoms with Crippen molar-refractivity contribution < 1.29 is 9.59 Å². The molecular weight excluding hydrogens is 286 g/mol. The van der Waals surface area contributed by atoms with E-state index in [1.807, 2.05) is 37.4 Å². The molecule has 0 aromatic heterocycles. The molecule has 0 saturated carbocycles. The molecule has 0 bridgehead atoms. The number of carbonyl (C=O) groups excluding carboxylic acids is 2. The van der Waals surface area contributed by atoms with Crippen molar-refractivity contribution in [2.24, 2.45) is 5.92 Å². The predicted molar refractivity (Wildman–Crippen MR) is 88.5 cm³/mol. The van der Waals surface area contributed by atoms with E-state index in [-0.39, 0.29) is 17.9 Å². The van der Waals surface area contributed by atoms with E-state index in [1.54, 1.807) is 25.9 Å². The van der Waals surface area contributed by atoms with Gasteiger partial charge in [0.25, 0.3) is 0 Å². The third-order valence-corrected chi connectivity index (χ3v) is 3.75. The van der Waals surface area contributed by atoms with Gasteiger partial charge in [0.1, 0.15) is 0 Å². The molecule has 3 amide bonds. The zero-order valence-electron chi connectivity index (χ0n) is 13.0. The maximum absolute atomic E-state index is 11.9. The molecule has 6 heteroatoms. The molecule has 0 spiro atoms. The maximum Gasteiger partial charge on any atom is 0.321 e. The first-order valence-corrected chi connectivity index (χ1v) is 8.17. The average molecular weight is 309 g/mol. The van der Waals surface area contributed by atoms with Crippen LogP contribution in [0.2, 0.25) is 0 Å². The molecule has 0 aliphatic carbocycles. The van der Waals surface area contributed by atoms with Gasteiger partial charge >= 0.3 is 6.03 Å². The summed E-state index contributed by atoms with van der Waals surface area (Å²) in [7, 11) is 3.37. The van der Waals surface area contributed by atoms with E-state index in [9.17, 15) is 9.59 Å². The van der Waals surface area contributed by atoms with Crippen molar-refractivity contribution in [2.45, 2.75) is 13.5 Å². The zero-order chi connectivity index (χ0) is 15.8. The van der Waals surface area contributed by atoms with Crippen molar-refractivity contribution in [3.63, 3.8) is 0 Å². The quantitative estimate of drug-likeness (QED) is 0.848. The number of benzene rings is 1. The Labute approximate surface area is 130 Å². The summed E-state index contributed by atoms with van der Waals surface area (Å²) in [6.45, 7) is 2.38. The molecule has 0 heterocycles. The van der Waals surface area contributed by atoms with Gasteiger partial charge in [0.15, 0.2) is 0 Å². The Balaban J connectivity index is 2.57. The molecule has 1 atom stereocenters. The molecule has 0 aliphatic heterocycles. The normalized spacial score (nSPS) is 11.6. The van der Waals surface area contributed by atoms with E-state index in [4.69, 9.17) is 0 Å². The number of thioether (sulfide) groups is 1. The summed E-state index contributed by atoms with van der Waals surface area (Å²) in [6, 6.07) is 7.29. The predicted octanol–water partition coefficient (Wildman–Crippen LogP) is 2.40. The van der Waals surface area contributed by atoms with Gasteiger partial charge in [-0.1, -0.05) is 19.1 Å². The third-order valence-electron chi connectivity index (χ3n) is 2.92. The Bertz CT molecular complexity index is 492. The van der Waals surface area contributed by atoms with Gasteiger partial charge in [-0.05, 0) is 24.0 Å². The van der Waals surface area contributed by atoms with Crippen molar-refractivity contribution >= 4 is 29.4 Å². The molecule has 0 aliphatic rings. The number of hydrogen-bond donors (Lipinski definition) is 2. The molecule has 1 rings (SSSR count). The van der Waals surface area contributed by atoms with Crippen molar-refractivity contribution in [3.05, 3.63) is 29.8 Å². The molecule has 1 aromatic rings. The van der Waals surface area contributed by atoms with Gasteiger partial charge < -0.3 is 15.5 Å². The number of nitrogens with zero attached hydrogens (tertiary/aromatic N) is 1. The van der Waals surface area contributed by atoms with Crippen LogP contribution in [-0.4, -0.2) is 42.9 Å². The van der Waals surface area contributed by atoms with Crippen LogP contribution in [0, 0.1) is 5.92 Å². The van der Waals surface area contributed by atoms with Gasteiger partial charge in [-0.2, -0.15) is 11.8 Å². The number of carbonyl (C=O) groups is 2. The summed E-state index contributed by atoms with van der Waals surface area (Å²) >= 11 is 1.66. The number of urea groups is 1. The lowest BCUT2D eigenvalue weighted by Gasteiger charge is -2.14. The fourth-order valence-corrected chi connectivity index (χ4v) is 2.33. The Morgan fingerprint density at radius 2 is 2.05 bits per heavy atom. The standard InChI is InChI=1S/C15H23N3O2S/c1-11(10-21-4)14(19)16-9-12-6-5-7-13(8-12)17-15(20)18(2)3/h5-8,11H,9-10H2,1-4H3,(H,16,19)(H,17,20)/t11-/m1/s1. The molecule has 0 radical (unpaired) electrons. The Morgan fingerprint density at radius 1 is 1.33 bits per heavy atom. The van der Waals surface area contributed by atoms with E-state index in [0.717, 1.165) is 17.0 Å². The van der Waals surface area contributed by atoms with Crippen LogP contribution in [0.15, 0.2) is 24.3 Å². The van der Waals surface area contributed by atoms with Crippen LogP contribution in [0.3, 0.4) is 0 Å². The number of nitrogens with one attached hydrogen (secondary N) is 2. The van der Waals surface area contributed by atoms with Crippen molar-refractivity contribution in [1.29, 1.82) is 0 Å². The van der Waals surface area contributed by atoms with Crippen LogP contribution < -0.4 is 10.6 Å². The van der Waals surface area contributed by atoms with Crippen molar-refractivity contribution in [1.82, 2.24) is 10.2 Å². The van der Waals surface area contributed by atoms with E-state index >= 15 is 0 Å². The topological polar surface area (TPSA) is 61.4 Å². The van der Waals surface area contributed by atoms with E-state index < -0.39 is 0 Å². The summed E-state index contributed by atoms with van der Waals surface area (Å²) in [5, 5.41) is 5.69. The first kappa shape index (κ1) is 17.4. The first-order valence-electron chi connectivity index (χ1n) is 6.78. The molecule has 2 N–H and O–H groups in total. The van der Waals surface area contributed by atoms with E-state index in [0.29, 0.717) is 6.54 Å².